The lowest BCUT2D eigenvalue weighted by molar-refractivity contribution is -0.120. The van der Waals surface area contributed by atoms with E-state index in [-0.39, 0.29) is 24.2 Å². The van der Waals surface area contributed by atoms with Gasteiger partial charge in [-0.05, 0) is 36.8 Å². The van der Waals surface area contributed by atoms with Crippen molar-refractivity contribution in [2.24, 2.45) is 5.73 Å². The number of nitrogens with two attached hydrogens (primary N) is 1. The first-order valence-corrected chi connectivity index (χ1v) is 8.61. The summed E-state index contributed by atoms with van der Waals surface area (Å²) in [6, 6.07) is 16.1. The number of hydrogen-bond acceptors (Lipinski definition) is 4. The number of anilines is 1. The van der Waals surface area contributed by atoms with Crippen molar-refractivity contribution in [2.75, 3.05) is 31.6 Å². The van der Waals surface area contributed by atoms with Gasteiger partial charge >= 0.3 is 0 Å². The SMILES string of the molecule is CC(N)(C(=O)Nc1ccc(C(=O)N2CCOCC2)cc1)c1ccccc1.Cl. The van der Waals surface area contributed by atoms with Crippen LogP contribution in [0.2, 0.25) is 0 Å². The van der Waals surface area contributed by atoms with E-state index in [1.807, 2.05) is 30.3 Å². The van der Waals surface area contributed by atoms with Gasteiger partial charge in [-0.2, -0.15) is 0 Å². The van der Waals surface area contributed by atoms with Crippen molar-refractivity contribution in [3.05, 3.63) is 65.7 Å². The average molecular weight is 390 g/mol. The minimum absolute atomic E-state index is 0. The fraction of sp³-hybridized carbons (Fsp3) is 0.300. The Morgan fingerprint density at radius 1 is 1.04 bits per heavy atom. The molecule has 2 aromatic rings. The fourth-order valence-corrected chi connectivity index (χ4v) is 2.82. The molecule has 0 saturated carbocycles. The van der Waals surface area contributed by atoms with E-state index in [4.69, 9.17) is 10.5 Å². The molecule has 1 aliphatic rings. The summed E-state index contributed by atoms with van der Waals surface area (Å²) >= 11 is 0. The number of hydrogen-bond donors (Lipinski definition) is 2. The molecule has 0 spiro atoms. The number of rotatable bonds is 4. The monoisotopic (exact) mass is 389 g/mol. The highest BCUT2D eigenvalue weighted by Crippen LogP contribution is 2.20. The van der Waals surface area contributed by atoms with Crippen molar-refractivity contribution in [2.45, 2.75) is 12.5 Å². The lowest BCUT2D eigenvalue weighted by Crippen LogP contribution is -2.45. The Labute approximate surface area is 165 Å². The minimum Gasteiger partial charge on any atom is -0.378 e. The van der Waals surface area contributed by atoms with Gasteiger partial charge in [0, 0.05) is 24.3 Å². The lowest BCUT2D eigenvalue weighted by atomic mass is 9.92. The van der Waals surface area contributed by atoms with Crippen LogP contribution in [0.4, 0.5) is 5.69 Å². The zero-order chi connectivity index (χ0) is 18.6. The molecule has 1 unspecified atom stereocenters. The molecular weight excluding hydrogens is 366 g/mol. The number of benzene rings is 2. The van der Waals surface area contributed by atoms with Gasteiger partial charge in [0.15, 0.2) is 0 Å². The maximum Gasteiger partial charge on any atom is 0.254 e. The number of nitrogens with zero attached hydrogens (tertiary/aromatic N) is 1. The van der Waals surface area contributed by atoms with E-state index in [1.54, 1.807) is 36.1 Å². The third kappa shape index (κ3) is 4.86. The van der Waals surface area contributed by atoms with Gasteiger partial charge in [-0.15, -0.1) is 12.4 Å². The largest absolute Gasteiger partial charge is 0.378 e. The van der Waals surface area contributed by atoms with Crippen molar-refractivity contribution >= 4 is 29.9 Å². The molecule has 144 valence electrons. The van der Waals surface area contributed by atoms with Crippen LogP contribution in [0.15, 0.2) is 54.6 Å². The number of carbonyl (C=O) groups excluding carboxylic acids is 2. The van der Waals surface area contributed by atoms with Crippen LogP contribution < -0.4 is 11.1 Å². The van der Waals surface area contributed by atoms with Crippen molar-refractivity contribution in [3.8, 4) is 0 Å². The van der Waals surface area contributed by atoms with E-state index >= 15 is 0 Å². The van der Waals surface area contributed by atoms with Gasteiger partial charge in [-0.3, -0.25) is 9.59 Å². The third-order valence-corrected chi connectivity index (χ3v) is 4.53. The van der Waals surface area contributed by atoms with Crippen LogP contribution >= 0.6 is 12.4 Å². The minimum atomic E-state index is -1.15. The van der Waals surface area contributed by atoms with Gasteiger partial charge in [0.05, 0.1) is 13.2 Å². The van der Waals surface area contributed by atoms with Crippen LogP contribution in [0, 0.1) is 0 Å². The zero-order valence-electron chi connectivity index (χ0n) is 15.2. The number of halogens is 1. The highest BCUT2D eigenvalue weighted by Gasteiger charge is 2.30. The smallest absolute Gasteiger partial charge is 0.254 e. The van der Waals surface area contributed by atoms with E-state index in [9.17, 15) is 9.59 Å². The van der Waals surface area contributed by atoms with Crippen LogP contribution in [0.1, 0.15) is 22.8 Å². The Hall–Kier alpha value is -2.41. The molecule has 27 heavy (non-hydrogen) atoms. The topological polar surface area (TPSA) is 84.7 Å². The summed E-state index contributed by atoms with van der Waals surface area (Å²) in [7, 11) is 0. The van der Waals surface area contributed by atoms with Crippen LogP contribution in [0.25, 0.3) is 0 Å². The fourth-order valence-electron chi connectivity index (χ4n) is 2.82. The number of nitrogens with one attached hydrogen (secondary N) is 1. The van der Waals surface area contributed by atoms with E-state index in [2.05, 4.69) is 5.32 Å². The highest BCUT2D eigenvalue weighted by atomic mass is 35.5. The van der Waals surface area contributed by atoms with Crippen LogP contribution in [0.3, 0.4) is 0 Å². The first-order chi connectivity index (χ1) is 12.5. The van der Waals surface area contributed by atoms with Crippen LogP contribution in [-0.2, 0) is 15.1 Å². The summed E-state index contributed by atoms with van der Waals surface area (Å²) in [5.74, 6) is -0.338. The van der Waals surface area contributed by atoms with Crippen LogP contribution in [0.5, 0.6) is 0 Å². The second kappa shape index (κ2) is 8.99. The number of morpholine rings is 1. The van der Waals surface area contributed by atoms with Crippen molar-refractivity contribution in [3.63, 3.8) is 0 Å². The Bertz CT molecular complexity index is 773. The molecule has 0 radical (unpaired) electrons. The maximum absolute atomic E-state index is 12.6. The normalized spacial score (nSPS) is 16.0. The second-order valence-corrected chi connectivity index (χ2v) is 6.50. The van der Waals surface area contributed by atoms with E-state index in [0.29, 0.717) is 37.6 Å². The summed E-state index contributed by atoms with van der Waals surface area (Å²) in [6.45, 7) is 4.00. The molecule has 1 saturated heterocycles. The predicted octanol–water partition coefficient (Wildman–Crippen LogP) is 2.39. The first-order valence-electron chi connectivity index (χ1n) is 8.61. The summed E-state index contributed by atoms with van der Waals surface area (Å²) < 4.78 is 5.26. The molecule has 2 amide bonds. The number of carbonyl (C=O) groups is 2. The van der Waals surface area contributed by atoms with Gasteiger partial charge in [0.25, 0.3) is 5.91 Å². The lowest BCUT2D eigenvalue weighted by Gasteiger charge is -2.27. The summed E-state index contributed by atoms with van der Waals surface area (Å²) in [6.07, 6.45) is 0. The van der Waals surface area contributed by atoms with Crippen molar-refractivity contribution in [1.29, 1.82) is 0 Å². The van der Waals surface area contributed by atoms with Gasteiger partial charge in [0.1, 0.15) is 5.54 Å². The predicted molar refractivity (Wildman–Crippen MR) is 107 cm³/mol. The first kappa shape index (κ1) is 20.9. The molecule has 0 bridgehead atoms. The molecule has 3 rings (SSSR count). The quantitative estimate of drug-likeness (QED) is 0.840. The van der Waals surface area contributed by atoms with Crippen molar-refractivity contribution in [1.82, 2.24) is 4.90 Å². The molecule has 1 aliphatic heterocycles. The Kier molecular flexibility index (Phi) is 6.96. The Morgan fingerprint density at radius 2 is 1.63 bits per heavy atom. The van der Waals surface area contributed by atoms with Gasteiger partial charge in [-0.1, -0.05) is 30.3 Å². The molecule has 1 heterocycles. The molecule has 3 N–H and O–H groups in total. The zero-order valence-corrected chi connectivity index (χ0v) is 16.0. The van der Waals surface area contributed by atoms with E-state index in [0.717, 1.165) is 5.56 Å². The van der Waals surface area contributed by atoms with Gasteiger partial charge in [-0.25, -0.2) is 0 Å². The van der Waals surface area contributed by atoms with E-state index < -0.39 is 5.54 Å². The standard InChI is InChI=1S/C20H23N3O3.ClH/c1-20(21,16-5-3-2-4-6-16)19(25)22-17-9-7-15(8-10-17)18(24)23-11-13-26-14-12-23;/h2-10H,11-14,21H2,1H3,(H,22,25);1H. The average Bonchev–Trinajstić information content (AvgIpc) is 2.69. The van der Waals surface area contributed by atoms with Gasteiger partial charge in [0.2, 0.25) is 5.91 Å². The summed E-state index contributed by atoms with van der Waals surface area (Å²) in [5, 5.41) is 2.82. The number of ether oxygens (including phenoxy) is 1. The molecule has 6 nitrogen and oxygen atoms in total. The van der Waals surface area contributed by atoms with E-state index in [1.165, 1.54) is 0 Å². The molecule has 0 aliphatic carbocycles. The maximum atomic E-state index is 12.6. The second-order valence-electron chi connectivity index (χ2n) is 6.50. The molecular formula is C20H24ClN3O3. The summed E-state index contributed by atoms with van der Waals surface area (Å²) in [4.78, 5) is 26.8. The third-order valence-electron chi connectivity index (χ3n) is 4.53. The molecule has 1 fully saturated rings. The summed E-state index contributed by atoms with van der Waals surface area (Å²) in [5.41, 5.74) is 6.99. The Balaban J connectivity index is 0.00000261. The van der Waals surface area contributed by atoms with Gasteiger partial charge < -0.3 is 20.7 Å². The number of amides is 2. The molecule has 7 heteroatoms. The molecule has 1 atom stereocenters. The van der Waals surface area contributed by atoms with Crippen LogP contribution in [-0.4, -0.2) is 43.0 Å². The highest BCUT2D eigenvalue weighted by molar-refractivity contribution is 5.99. The molecule has 2 aromatic carbocycles. The van der Waals surface area contributed by atoms with Crippen molar-refractivity contribution < 1.29 is 14.3 Å². The molecule has 0 aromatic heterocycles. The Morgan fingerprint density at radius 3 is 2.22 bits per heavy atom.